The van der Waals surface area contributed by atoms with Crippen molar-refractivity contribution in [3.63, 3.8) is 0 Å². The third-order valence-electron chi connectivity index (χ3n) is 6.03. The Morgan fingerprint density at radius 3 is 2.61 bits per heavy atom. The minimum absolute atomic E-state index is 0.231. The number of nitrogens with zero attached hydrogens (tertiary/aromatic N) is 2. The fourth-order valence-corrected chi connectivity index (χ4v) is 5.23. The Bertz CT molecular complexity index is 1160. The molecule has 2 heterocycles. The highest BCUT2D eigenvalue weighted by Gasteiger charge is 2.15. The van der Waals surface area contributed by atoms with Crippen LogP contribution in [0.1, 0.15) is 12.0 Å². The minimum atomic E-state index is -3.59. The second-order valence-electron chi connectivity index (χ2n) is 8.47. The van der Waals surface area contributed by atoms with Crippen LogP contribution < -0.4 is 9.46 Å². The van der Waals surface area contributed by atoms with Gasteiger partial charge in [0.05, 0.1) is 11.5 Å². The fourth-order valence-electron chi connectivity index (χ4n) is 4.03. The largest absolute Gasteiger partial charge is 0.494 e. The van der Waals surface area contributed by atoms with Gasteiger partial charge in [0.2, 0.25) is 10.0 Å². The molecule has 1 aliphatic heterocycles. The maximum atomic E-state index is 12.7. The molecule has 0 unspecified atom stereocenters. The van der Waals surface area contributed by atoms with Crippen LogP contribution in [-0.4, -0.2) is 76.1 Å². The SMILES string of the molecule is CN1CCN(CCCOc2ccc(S(=O)(=O)NCCc3c[nH]c4ccc(Cl)cc34)cc2)CC1. The highest BCUT2D eigenvalue weighted by atomic mass is 35.5. The summed E-state index contributed by atoms with van der Waals surface area (Å²) in [5.74, 6) is 0.683. The van der Waals surface area contributed by atoms with Crippen LogP contribution in [0.5, 0.6) is 5.75 Å². The summed E-state index contributed by atoms with van der Waals surface area (Å²) in [5.41, 5.74) is 2.01. The average Bonchev–Trinajstić information content (AvgIpc) is 3.20. The smallest absolute Gasteiger partial charge is 0.240 e. The van der Waals surface area contributed by atoms with Crippen molar-refractivity contribution >= 4 is 32.5 Å². The number of hydrogen-bond donors (Lipinski definition) is 2. The molecule has 0 aliphatic carbocycles. The maximum Gasteiger partial charge on any atom is 0.240 e. The van der Waals surface area contributed by atoms with E-state index in [0.717, 1.165) is 55.6 Å². The van der Waals surface area contributed by atoms with Gasteiger partial charge in [0.1, 0.15) is 5.75 Å². The number of nitrogens with one attached hydrogen (secondary N) is 2. The average molecular weight is 491 g/mol. The molecule has 2 aromatic carbocycles. The van der Waals surface area contributed by atoms with E-state index in [1.54, 1.807) is 24.3 Å². The number of sulfonamides is 1. The van der Waals surface area contributed by atoms with Crippen LogP contribution in [0.3, 0.4) is 0 Å². The topological polar surface area (TPSA) is 77.7 Å². The molecule has 0 amide bonds. The summed E-state index contributed by atoms with van der Waals surface area (Å²) in [5, 5.41) is 1.67. The minimum Gasteiger partial charge on any atom is -0.494 e. The zero-order chi connectivity index (χ0) is 23.3. The molecule has 0 radical (unpaired) electrons. The second kappa shape index (κ2) is 10.9. The van der Waals surface area contributed by atoms with Gasteiger partial charge in [0.25, 0.3) is 0 Å². The van der Waals surface area contributed by atoms with Gasteiger partial charge in [-0.05, 0) is 67.9 Å². The van der Waals surface area contributed by atoms with Crippen LogP contribution in [0.25, 0.3) is 10.9 Å². The highest BCUT2D eigenvalue weighted by Crippen LogP contribution is 2.23. The van der Waals surface area contributed by atoms with Crippen LogP contribution in [0.2, 0.25) is 5.02 Å². The zero-order valence-electron chi connectivity index (χ0n) is 18.9. The van der Waals surface area contributed by atoms with E-state index in [-0.39, 0.29) is 4.90 Å². The van der Waals surface area contributed by atoms with Crippen molar-refractivity contribution < 1.29 is 13.2 Å². The lowest BCUT2D eigenvalue weighted by Crippen LogP contribution is -2.44. The molecule has 178 valence electrons. The number of aromatic amines is 1. The molecule has 1 aliphatic rings. The first-order valence-electron chi connectivity index (χ1n) is 11.3. The van der Waals surface area contributed by atoms with Crippen molar-refractivity contribution in [3.05, 3.63) is 59.2 Å². The summed E-state index contributed by atoms with van der Waals surface area (Å²) in [6, 6.07) is 12.2. The van der Waals surface area contributed by atoms with Gasteiger partial charge >= 0.3 is 0 Å². The third kappa shape index (κ3) is 6.49. The summed E-state index contributed by atoms with van der Waals surface area (Å²) in [6.45, 7) is 6.36. The number of rotatable bonds is 10. The molecule has 0 bridgehead atoms. The molecule has 0 spiro atoms. The first-order valence-corrected chi connectivity index (χ1v) is 13.2. The van der Waals surface area contributed by atoms with Crippen LogP contribution in [0, 0.1) is 0 Å². The first kappa shape index (κ1) is 24.0. The summed E-state index contributed by atoms with van der Waals surface area (Å²) in [7, 11) is -1.44. The Morgan fingerprint density at radius 1 is 1.09 bits per heavy atom. The lowest BCUT2D eigenvalue weighted by atomic mass is 10.1. The predicted molar refractivity (Wildman–Crippen MR) is 133 cm³/mol. The molecule has 4 rings (SSSR count). The molecule has 1 fully saturated rings. The molecule has 2 N–H and O–H groups in total. The molecular formula is C24H31ClN4O3S. The van der Waals surface area contributed by atoms with Gasteiger partial charge in [-0.2, -0.15) is 0 Å². The van der Waals surface area contributed by atoms with E-state index in [1.807, 2.05) is 24.4 Å². The number of hydrogen-bond acceptors (Lipinski definition) is 5. The van der Waals surface area contributed by atoms with E-state index in [2.05, 4.69) is 26.6 Å². The molecule has 0 saturated carbocycles. The van der Waals surface area contributed by atoms with E-state index < -0.39 is 10.0 Å². The van der Waals surface area contributed by atoms with Gasteiger partial charge in [-0.15, -0.1) is 0 Å². The quantitative estimate of drug-likeness (QED) is 0.426. The fraction of sp³-hybridized carbons (Fsp3) is 0.417. The lowest BCUT2D eigenvalue weighted by molar-refractivity contribution is 0.145. The monoisotopic (exact) mass is 490 g/mol. The van der Waals surface area contributed by atoms with Gasteiger partial charge < -0.3 is 19.5 Å². The Hall–Kier alpha value is -2.10. The Labute approximate surface area is 200 Å². The number of piperazine rings is 1. The van der Waals surface area contributed by atoms with E-state index >= 15 is 0 Å². The number of benzene rings is 2. The highest BCUT2D eigenvalue weighted by molar-refractivity contribution is 7.89. The van der Waals surface area contributed by atoms with Crippen molar-refractivity contribution in [1.29, 1.82) is 0 Å². The molecule has 1 aromatic heterocycles. The predicted octanol–water partition coefficient (Wildman–Crippen LogP) is 3.36. The maximum absolute atomic E-state index is 12.7. The summed E-state index contributed by atoms with van der Waals surface area (Å²) >= 11 is 6.09. The van der Waals surface area contributed by atoms with Gasteiger partial charge in [0, 0.05) is 61.4 Å². The molecule has 3 aromatic rings. The second-order valence-corrected chi connectivity index (χ2v) is 10.7. The van der Waals surface area contributed by atoms with Crippen molar-refractivity contribution in [3.8, 4) is 5.75 Å². The molecule has 0 atom stereocenters. The molecule has 1 saturated heterocycles. The number of fused-ring (bicyclic) bond motifs is 1. The van der Waals surface area contributed by atoms with Crippen LogP contribution in [0.15, 0.2) is 53.6 Å². The third-order valence-corrected chi connectivity index (χ3v) is 7.75. The van der Waals surface area contributed by atoms with Crippen molar-refractivity contribution in [2.24, 2.45) is 0 Å². The van der Waals surface area contributed by atoms with Crippen molar-refractivity contribution in [2.75, 3.05) is 52.9 Å². The van der Waals surface area contributed by atoms with Crippen molar-refractivity contribution in [2.45, 2.75) is 17.7 Å². The Balaban J connectivity index is 1.23. The van der Waals surface area contributed by atoms with E-state index in [9.17, 15) is 8.42 Å². The van der Waals surface area contributed by atoms with Crippen LogP contribution >= 0.6 is 11.6 Å². The zero-order valence-corrected chi connectivity index (χ0v) is 20.5. The molecule has 7 nitrogen and oxygen atoms in total. The van der Waals surface area contributed by atoms with E-state index in [4.69, 9.17) is 16.3 Å². The van der Waals surface area contributed by atoms with Crippen molar-refractivity contribution in [1.82, 2.24) is 19.5 Å². The van der Waals surface area contributed by atoms with Gasteiger partial charge in [-0.3, -0.25) is 0 Å². The van der Waals surface area contributed by atoms with Gasteiger partial charge in [-0.25, -0.2) is 13.1 Å². The lowest BCUT2D eigenvalue weighted by Gasteiger charge is -2.32. The van der Waals surface area contributed by atoms with E-state index in [0.29, 0.717) is 30.3 Å². The molecule has 9 heteroatoms. The normalized spacial score (nSPS) is 15.8. The standard InChI is InChI=1S/C24H31ClN4O3S/c1-28-12-14-29(15-13-28)11-2-16-32-21-4-6-22(7-5-21)33(30,31)27-10-9-19-18-26-24-8-3-20(25)17-23(19)24/h3-8,17-18,26-27H,2,9-16H2,1H3. The first-order chi connectivity index (χ1) is 15.9. The Morgan fingerprint density at radius 2 is 1.85 bits per heavy atom. The number of aromatic nitrogens is 1. The summed E-state index contributed by atoms with van der Waals surface area (Å²) in [4.78, 5) is 8.22. The van der Waals surface area contributed by atoms with Crippen LogP contribution in [-0.2, 0) is 16.4 Å². The molecular weight excluding hydrogens is 460 g/mol. The number of ether oxygens (including phenoxy) is 1. The molecule has 33 heavy (non-hydrogen) atoms. The summed E-state index contributed by atoms with van der Waals surface area (Å²) in [6.07, 6.45) is 3.41. The van der Waals surface area contributed by atoms with Crippen LogP contribution in [0.4, 0.5) is 0 Å². The van der Waals surface area contributed by atoms with Gasteiger partial charge in [-0.1, -0.05) is 11.6 Å². The number of halogens is 1. The Kier molecular flexibility index (Phi) is 7.93. The number of likely N-dealkylation sites (N-methyl/N-ethyl adjacent to an activating group) is 1. The number of H-pyrrole nitrogens is 1. The summed E-state index contributed by atoms with van der Waals surface area (Å²) < 4.78 is 33.8. The van der Waals surface area contributed by atoms with E-state index in [1.165, 1.54) is 0 Å². The van der Waals surface area contributed by atoms with Gasteiger partial charge in [0.15, 0.2) is 0 Å².